The fraction of sp³-hybridized carbons (Fsp3) is 0.135. The molecule has 5 aromatic rings. The molecule has 0 fully saturated rings. The number of hydrogen-bond acceptors (Lipinski definition) is 4. The van der Waals surface area contributed by atoms with Crippen molar-refractivity contribution in [3.05, 3.63) is 149 Å². The molecule has 0 aromatic heterocycles. The Balaban J connectivity index is 1.24. The van der Waals surface area contributed by atoms with Gasteiger partial charge < -0.3 is 19.9 Å². The molecule has 0 aliphatic rings. The van der Waals surface area contributed by atoms with Gasteiger partial charge in [-0.1, -0.05) is 107 Å². The average Bonchev–Trinajstić information content (AvgIpc) is 3.05. The first-order chi connectivity index (χ1) is 21.5. The summed E-state index contributed by atoms with van der Waals surface area (Å²) in [5.74, 6) is 0.227. The minimum absolute atomic E-state index is 0.116. The Morgan fingerprint density at radius 3 is 2.16 bits per heavy atom. The van der Waals surface area contributed by atoms with E-state index in [2.05, 4.69) is 33.4 Å². The lowest BCUT2D eigenvalue weighted by Crippen LogP contribution is -2.42. The van der Waals surface area contributed by atoms with Crippen LogP contribution in [0.2, 0.25) is 0 Å². The first-order valence-electron chi connectivity index (χ1n) is 14.4. The Morgan fingerprint density at radius 1 is 0.750 bits per heavy atom. The van der Waals surface area contributed by atoms with E-state index < -0.39 is 17.9 Å². The van der Waals surface area contributed by atoms with Gasteiger partial charge in [0.1, 0.15) is 23.3 Å². The van der Waals surface area contributed by atoms with Gasteiger partial charge in [0, 0.05) is 16.5 Å². The van der Waals surface area contributed by atoms with Crippen molar-refractivity contribution in [1.82, 2.24) is 5.32 Å². The Kier molecular flexibility index (Phi) is 10.4. The number of carbonyl (C=O) groups is 2. The topological polar surface area (TPSA) is 84.9 Å². The Bertz CT molecular complexity index is 1690. The van der Waals surface area contributed by atoms with Gasteiger partial charge in [0.15, 0.2) is 0 Å². The molecule has 0 radical (unpaired) electrons. The van der Waals surface area contributed by atoms with Crippen LogP contribution in [-0.2, 0) is 17.6 Å². The third-order valence-corrected chi connectivity index (χ3v) is 7.56. The van der Waals surface area contributed by atoms with Crippen molar-refractivity contribution in [2.45, 2.75) is 25.3 Å². The molecule has 44 heavy (non-hydrogen) atoms. The molecule has 0 bridgehead atoms. The van der Waals surface area contributed by atoms with E-state index in [1.807, 2.05) is 97.1 Å². The van der Waals surface area contributed by atoms with Gasteiger partial charge in [0.25, 0.3) is 5.91 Å². The second kappa shape index (κ2) is 15.0. The van der Waals surface area contributed by atoms with E-state index >= 15 is 0 Å². The Labute approximate surface area is 265 Å². The number of carboxylic acid groups (broad SMARTS) is 1. The van der Waals surface area contributed by atoms with Crippen LogP contribution in [0.5, 0.6) is 17.2 Å². The van der Waals surface area contributed by atoms with Crippen LogP contribution in [0.1, 0.15) is 27.9 Å². The summed E-state index contributed by atoms with van der Waals surface area (Å²) in [7, 11) is 0. The van der Waals surface area contributed by atoms with Crippen molar-refractivity contribution < 1.29 is 24.2 Å². The average molecular weight is 651 g/mol. The molecule has 1 atom stereocenters. The summed E-state index contributed by atoms with van der Waals surface area (Å²) in [5, 5.41) is 12.7. The number of halogens is 1. The number of amides is 1. The van der Waals surface area contributed by atoms with Gasteiger partial charge in [-0.3, -0.25) is 4.79 Å². The van der Waals surface area contributed by atoms with E-state index in [9.17, 15) is 14.7 Å². The molecule has 0 heterocycles. The molecule has 222 valence electrons. The van der Waals surface area contributed by atoms with Crippen molar-refractivity contribution in [1.29, 1.82) is 0 Å². The number of aryl methyl sites for hydroxylation is 1. The van der Waals surface area contributed by atoms with Crippen molar-refractivity contribution in [3.63, 3.8) is 0 Å². The predicted molar refractivity (Wildman–Crippen MR) is 175 cm³/mol. The maximum Gasteiger partial charge on any atom is 0.326 e. The van der Waals surface area contributed by atoms with Gasteiger partial charge >= 0.3 is 5.97 Å². The van der Waals surface area contributed by atoms with Crippen LogP contribution in [0.15, 0.2) is 132 Å². The Hall–Kier alpha value is -4.88. The zero-order valence-corrected chi connectivity index (χ0v) is 25.6. The number of hydrogen-bond donors (Lipinski definition) is 2. The lowest BCUT2D eigenvalue weighted by molar-refractivity contribution is -0.139. The number of ether oxygens (including phenoxy) is 2. The molecule has 1 unspecified atom stereocenters. The standard InChI is InChI=1S/C37H32BrNO5/c38-29-21-22-34(43-23-9-12-26-10-3-1-4-11-26)32(25-29)36(40)39-33(37(41)42)24-27-17-19-28(20-18-27)31-15-7-8-16-35(31)44-30-13-5-2-6-14-30/h1-8,10-11,13-22,25,33H,9,12,23-24H2,(H,39,40)(H,41,42). The molecule has 2 N–H and O–H groups in total. The van der Waals surface area contributed by atoms with Gasteiger partial charge in [-0.05, 0) is 65.9 Å². The van der Waals surface area contributed by atoms with Crippen LogP contribution in [0, 0.1) is 0 Å². The van der Waals surface area contributed by atoms with Crippen molar-refractivity contribution in [2.75, 3.05) is 6.61 Å². The lowest BCUT2D eigenvalue weighted by atomic mass is 9.99. The van der Waals surface area contributed by atoms with Crippen molar-refractivity contribution in [2.24, 2.45) is 0 Å². The maximum atomic E-state index is 13.3. The van der Waals surface area contributed by atoms with Crippen LogP contribution in [0.25, 0.3) is 11.1 Å². The fourth-order valence-corrected chi connectivity index (χ4v) is 5.17. The summed E-state index contributed by atoms with van der Waals surface area (Å²) < 4.78 is 12.8. The molecule has 7 heteroatoms. The molecule has 6 nitrogen and oxygen atoms in total. The normalized spacial score (nSPS) is 11.4. The smallest absolute Gasteiger partial charge is 0.326 e. The summed E-state index contributed by atoms with van der Waals surface area (Å²) in [6.07, 6.45) is 1.74. The second-order valence-electron chi connectivity index (χ2n) is 10.3. The van der Waals surface area contributed by atoms with Crippen LogP contribution in [0.3, 0.4) is 0 Å². The molecular weight excluding hydrogens is 618 g/mol. The summed E-state index contributed by atoms with van der Waals surface area (Å²) in [6, 6.07) is 39.1. The largest absolute Gasteiger partial charge is 0.493 e. The quantitative estimate of drug-likeness (QED) is 0.125. The summed E-state index contributed by atoms with van der Waals surface area (Å²) in [5.41, 5.74) is 4.11. The highest BCUT2D eigenvalue weighted by Gasteiger charge is 2.23. The number of nitrogens with one attached hydrogen (secondary N) is 1. The number of carboxylic acids is 1. The summed E-state index contributed by atoms with van der Waals surface area (Å²) in [6.45, 7) is 0.422. The third-order valence-electron chi connectivity index (χ3n) is 7.06. The molecule has 0 aliphatic heterocycles. The number of carbonyl (C=O) groups excluding carboxylic acids is 1. The number of para-hydroxylation sites is 2. The summed E-state index contributed by atoms with van der Waals surface area (Å²) >= 11 is 3.41. The summed E-state index contributed by atoms with van der Waals surface area (Å²) in [4.78, 5) is 25.5. The highest BCUT2D eigenvalue weighted by atomic mass is 79.9. The highest BCUT2D eigenvalue weighted by molar-refractivity contribution is 9.10. The van der Waals surface area contributed by atoms with Crippen molar-refractivity contribution in [3.8, 4) is 28.4 Å². The van der Waals surface area contributed by atoms with Crippen LogP contribution >= 0.6 is 15.9 Å². The van der Waals surface area contributed by atoms with E-state index in [4.69, 9.17) is 9.47 Å². The predicted octanol–water partition coefficient (Wildman–Crippen LogP) is 8.35. The SMILES string of the molecule is O=C(NC(Cc1ccc(-c2ccccc2Oc2ccccc2)cc1)C(=O)O)c1cc(Br)ccc1OCCCc1ccccc1. The van der Waals surface area contributed by atoms with E-state index in [0.717, 1.165) is 35.3 Å². The molecule has 5 rings (SSSR count). The van der Waals surface area contributed by atoms with Crippen LogP contribution < -0.4 is 14.8 Å². The number of rotatable bonds is 13. The Morgan fingerprint density at radius 2 is 1.43 bits per heavy atom. The fourth-order valence-electron chi connectivity index (χ4n) is 4.81. The maximum absolute atomic E-state index is 13.3. The van der Waals surface area contributed by atoms with E-state index in [0.29, 0.717) is 22.6 Å². The third kappa shape index (κ3) is 8.36. The van der Waals surface area contributed by atoms with Crippen LogP contribution in [0.4, 0.5) is 0 Å². The zero-order valence-electron chi connectivity index (χ0n) is 24.0. The minimum Gasteiger partial charge on any atom is -0.493 e. The van der Waals surface area contributed by atoms with E-state index in [1.165, 1.54) is 5.56 Å². The van der Waals surface area contributed by atoms with Gasteiger partial charge in [-0.15, -0.1) is 0 Å². The molecule has 5 aromatic carbocycles. The van der Waals surface area contributed by atoms with Gasteiger partial charge in [-0.25, -0.2) is 4.79 Å². The van der Waals surface area contributed by atoms with Crippen molar-refractivity contribution >= 4 is 27.8 Å². The van der Waals surface area contributed by atoms with Crippen LogP contribution in [-0.4, -0.2) is 29.6 Å². The zero-order chi connectivity index (χ0) is 30.7. The number of aliphatic carboxylic acids is 1. The molecule has 0 saturated carbocycles. The van der Waals surface area contributed by atoms with E-state index in [1.54, 1.807) is 18.2 Å². The molecular formula is C37H32BrNO5. The molecule has 1 amide bonds. The number of benzene rings is 5. The first kappa shape index (κ1) is 30.6. The first-order valence-corrected chi connectivity index (χ1v) is 15.2. The second-order valence-corrected chi connectivity index (χ2v) is 11.2. The van der Waals surface area contributed by atoms with Gasteiger partial charge in [-0.2, -0.15) is 0 Å². The monoisotopic (exact) mass is 649 g/mol. The van der Waals surface area contributed by atoms with Gasteiger partial charge in [0.05, 0.1) is 12.2 Å². The minimum atomic E-state index is -1.13. The molecule has 0 saturated heterocycles. The molecule has 0 aliphatic carbocycles. The van der Waals surface area contributed by atoms with Gasteiger partial charge in [0.2, 0.25) is 0 Å². The highest BCUT2D eigenvalue weighted by Crippen LogP contribution is 2.33. The van der Waals surface area contributed by atoms with E-state index in [-0.39, 0.29) is 12.0 Å². The molecule has 0 spiro atoms. The lowest BCUT2D eigenvalue weighted by Gasteiger charge is -2.17.